The number of carboxylic acid groups (broad SMARTS) is 1. The van der Waals surface area contributed by atoms with Crippen LogP contribution in [0.3, 0.4) is 0 Å². The fourth-order valence-corrected chi connectivity index (χ4v) is 2.77. The van der Waals surface area contributed by atoms with Gasteiger partial charge in [-0.15, -0.1) is 5.10 Å². The second kappa shape index (κ2) is 3.45. The Morgan fingerprint density at radius 2 is 2.21 bits per heavy atom. The van der Waals surface area contributed by atoms with Gasteiger partial charge in [-0.2, -0.15) is 0 Å². The third-order valence-corrected chi connectivity index (χ3v) is 3.76. The van der Waals surface area contributed by atoms with Gasteiger partial charge in [-0.25, -0.2) is 14.3 Å². The number of rotatable bonds is 2. The average molecular weight is 260 g/mol. The van der Waals surface area contributed by atoms with Crippen molar-refractivity contribution in [1.29, 1.82) is 0 Å². The van der Waals surface area contributed by atoms with E-state index < -0.39 is 5.97 Å². The molecule has 19 heavy (non-hydrogen) atoms. The third kappa shape index (κ3) is 1.39. The van der Waals surface area contributed by atoms with Crippen molar-refractivity contribution < 1.29 is 14.6 Å². The maximum atomic E-state index is 11.4. The van der Waals surface area contributed by atoms with Crippen LogP contribution in [-0.4, -0.2) is 52.0 Å². The third-order valence-electron chi connectivity index (χ3n) is 3.76. The van der Waals surface area contributed by atoms with Gasteiger partial charge in [0, 0.05) is 25.5 Å². The molecule has 1 spiro atoms. The zero-order valence-electron chi connectivity index (χ0n) is 10.1. The van der Waals surface area contributed by atoms with Crippen LogP contribution in [0.5, 0.6) is 0 Å². The Labute approximate surface area is 108 Å². The highest BCUT2D eigenvalue weighted by Crippen LogP contribution is 2.41. The van der Waals surface area contributed by atoms with E-state index in [1.807, 2.05) is 4.90 Å². The molecule has 2 fully saturated rings. The van der Waals surface area contributed by atoms with Crippen LogP contribution in [0.2, 0.25) is 0 Å². The Kier molecular flexibility index (Phi) is 1.95. The number of carbonyl (C=O) groups is 1. The predicted molar refractivity (Wildman–Crippen MR) is 65.4 cm³/mol. The molecule has 0 atom stereocenters. The number of hydrogen-bond acceptors (Lipinski definition) is 5. The number of carboxylic acids is 1. The van der Waals surface area contributed by atoms with E-state index in [2.05, 4.69) is 10.1 Å². The van der Waals surface area contributed by atoms with Gasteiger partial charge >= 0.3 is 5.97 Å². The molecule has 4 heterocycles. The molecule has 1 N–H and O–H groups in total. The number of hydrogen-bond donors (Lipinski definition) is 1. The molecule has 0 aliphatic carbocycles. The number of aromatic carboxylic acids is 1. The molecule has 2 saturated heterocycles. The molecule has 7 heteroatoms. The second-order valence-corrected chi connectivity index (χ2v) is 5.24. The molecule has 0 unspecified atom stereocenters. The largest absolute Gasteiger partial charge is 0.477 e. The number of anilines is 1. The average Bonchev–Trinajstić information content (AvgIpc) is 2.63. The Balaban J connectivity index is 1.77. The van der Waals surface area contributed by atoms with Gasteiger partial charge in [0.2, 0.25) is 0 Å². The lowest BCUT2D eigenvalue weighted by molar-refractivity contribution is -0.127. The molecule has 4 rings (SSSR count). The summed E-state index contributed by atoms with van der Waals surface area (Å²) in [7, 11) is 0. The first-order valence-electron chi connectivity index (χ1n) is 6.08. The summed E-state index contributed by atoms with van der Waals surface area (Å²) in [6.45, 7) is 3.13. The van der Waals surface area contributed by atoms with Gasteiger partial charge in [-0.1, -0.05) is 0 Å². The fourth-order valence-electron chi connectivity index (χ4n) is 2.77. The quantitative estimate of drug-likeness (QED) is 0.834. The van der Waals surface area contributed by atoms with Crippen LogP contribution in [0.1, 0.15) is 10.4 Å². The monoisotopic (exact) mass is 260 g/mol. The number of aromatic nitrogens is 3. The van der Waals surface area contributed by atoms with Crippen molar-refractivity contribution in [1.82, 2.24) is 14.6 Å². The molecule has 0 amide bonds. The van der Waals surface area contributed by atoms with Crippen molar-refractivity contribution in [2.24, 2.45) is 5.41 Å². The number of fused-ring (bicyclic) bond motifs is 1. The van der Waals surface area contributed by atoms with Gasteiger partial charge in [0.15, 0.2) is 11.5 Å². The molecule has 0 bridgehead atoms. The molecule has 0 aromatic carbocycles. The predicted octanol–water partition coefficient (Wildman–Crippen LogP) is 0.264. The smallest absolute Gasteiger partial charge is 0.343 e. The summed E-state index contributed by atoms with van der Waals surface area (Å²) in [5, 5.41) is 13.7. The van der Waals surface area contributed by atoms with E-state index in [1.54, 1.807) is 18.5 Å². The lowest BCUT2D eigenvalue weighted by Crippen LogP contribution is -2.66. The summed E-state index contributed by atoms with van der Waals surface area (Å²) in [5.41, 5.74) is 0.783. The highest BCUT2D eigenvalue weighted by atomic mass is 16.5. The van der Waals surface area contributed by atoms with E-state index in [0.29, 0.717) is 11.5 Å². The molecule has 2 aliphatic rings. The fraction of sp³-hybridized carbons (Fsp3) is 0.417. The van der Waals surface area contributed by atoms with E-state index in [0.717, 1.165) is 26.3 Å². The van der Waals surface area contributed by atoms with Crippen LogP contribution >= 0.6 is 0 Å². The van der Waals surface area contributed by atoms with Gasteiger partial charge in [0.25, 0.3) is 0 Å². The molecule has 0 radical (unpaired) electrons. The Hall–Kier alpha value is -2.15. The molecule has 0 saturated carbocycles. The standard InChI is InChI=1S/C12H12N4O3/c17-11(18)8-9-13-2-1-3-16(9)14-10(8)15-4-12(5-15)6-19-7-12/h1-3H,4-7H2,(H,17,18). The van der Waals surface area contributed by atoms with Crippen LogP contribution in [0.4, 0.5) is 5.82 Å². The molecule has 2 aliphatic heterocycles. The van der Waals surface area contributed by atoms with Crippen LogP contribution in [-0.2, 0) is 4.74 Å². The molecule has 2 aromatic rings. The van der Waals surface area contributed by atoms with Crippen LogP contribution in [0.25, 0.3) is 5.65 Å². The molecule has 7 nitrogen and oxygen atoms in total. The zero-order chi connectivity index (χ0) is 13.0. The van der Waals surface area contributed by atoms with Gasteiger partial charge in [-0.05, 0) is 6.07 Å². The van der Waals surface area contributed by atoms with Crippen molar-refractivity contribution in [3.63, 3.8) is 0 Å². The van der Waals surface area contributed by atoms with Crippen LogP contribution in [0, 0.1) is 5.41 Å². The molecular weight excluding hydrogens is 248 g/mol. The summed E-state index contributed by atoms with van der Waals surface area (Å²) >= 11 is 0. The first kappa shape index (κ1) is 10.7. The van der Waals surface area contributed by atoms with E-state index in [9.17, 15) is 9.90 Å². The van der Waals surface area contributed by atoms with Gasteiger partial charge in [0.1, 0.15) is 5.56 Å². The van der Waals surface area contributed by atoms with Crippen molar-refractivity contribution in [3.05, 3.63) is 24.0 Å². The van der Waals surface area contributed by atoms with E-state index in [4.69, 9.17) is 4.74 Å². The van der Waals surface area contributed by atoms with Gasteiger partial charge in [-0.3, -0.25) is 0 Å². The SMILES string of the molecule is O=C(O)c1c(N2CC3(COC3)C2)nn2cccnc12. The summed E-state index contributed by atoms with van der Waals surface area (Å²) < 4.78 is 6.73. The van der Waals surface area contributed by atoms with E-state index in [-0.39, 0.29) is 11.0 Å². The van der Waals surface area contributed by atoms with Crippen molar-refractivity contribution in [3.8, 4) is 0 Å². The minimum absolute atomic E-state index is 0.177. The van der Waals surface area contributed by atoms with Gasteiger partial charge < -0.3 is 14.7 Å². The summed E-state index contributed by atoms with van der Waals surface area (Å²) in [6.07, 6.45) is 3.28. The van der Waals surface area contributed by atoms with Crippen molar-refractivity contribution in [2.75, 3.05) is 31.2 Å². The Morgan fingerprint density at radius 3 is 2.84 bits per heavy atom. The minimum atomic E-state index is -0.991. The van der Waals surface area contributed by atoms with Crippen LogP contribution < -0.4 is 4.90 Å². The lowest BCUT2D eigenvalue weighted by atomic mass is 9.78. The van der Waals surface area contributed by atoms with Crippen LogP contribution in [0.15, 0.2) is 18.5 Å². The minimum Gasteiger partial charge on any atom is -0.477 e. The summed E-state index contributed by atoms with van der Waals surface area (Å²) in [4.78, 5) is 17.5. The first-order chi connectivity index (χ1) is 9.19. The van der Waals surface area contributed by atoms with Gasteiger partial charge in [0.05, 0.1) is 18.6 Å². The highest BCUT2D eigenvalue weighted by Gasteiger charge is 2.50. The zero-order valence-corrected chi connectivity index (χ0v) is 10.1. The molecular formula is C12H12N4O3. The van der Waals surface area contributed by atoms with E-state index >= 15 is 0 Å². The Morgan fingerprint density at radius 1 is 1.42 bits per heavy atom. The Bertz CT molecular complexity index is 669. The highest BCUT2D eigenvalue weighted by molar-refractivity contribution is 6.00. The lowest BCUT2D eigenvalue weighted by Gasteiger charge is -2.55. The second-order valence-electron chi connectivity index (χ2n) is 5.24. The maximum absolute atomic E-state index is 11.4. The van der Waals surface area contributed by atoms with Crippen molar-refractivity contribution in [2.45, 2.75) is 0 Å². The van der Waals surface area contributed by atoms with E-state index in [1.165, 1.54) is 4.52 Å². The normalized spacial score (nSPS) is 20.3. The summed E-state index contributed by atoms with van der Waals surface area (Å²) in [6, 6.07) is 1.73. The number of nitrogens with zero attached hydrogens (tertiary/aromatic N) is 4. The first-order valence-corrected chi connectivity index (χ1v) is 6.08. The molecule has 98 valence electrons. The maximum Gasteiger partial charge on any atom is 0.343 e. The summed E-state index contributed by atoms with van der Waals surface area (Å²) in [5.74, 6) is -0.488. The van der Waals surface area contributed by atoms with Crippen molar-refractivity contribution >= 4 is 17.4 Å². The topological polar surface area (TPSA) is 80.0 Å². The molecule has 2 aromatic heterocycles. The number of ether oxygens (including phenoxy) is 1.